The molecule has 0 bridgehead atoms. The summed E-state index contributed by atoms with van der Waals surface area (Å²) in [5.41, 5.74) is 5.29. The van der Waals surface area contributed by atoms with Crippen molar-refractivity contribution in [1.82, 2.24) is 4.98 Å². The lowest BCUT2D eigenvalue weighted by Gasteiger charge is -2.32. The first-order valence-corrected chi connectivity index (χ1v) is 6.14. The molecule has 0 radical (unpaired) electrons. The third-order valence-corrected chi connectivity index (χ3v) is 3.60. The van der Waals surface area contributed by atoms with Gasteiger partial charge in [-0.2, -0.15) is 0 Å². The average Bonchev–Trinajstić information content (AvgIpc) is 2.72. The lowest BCUT2D eigenvalue weighted by atomic mass is 9.99. The predicted octanol–water partition coefficient (Wildman–Crippen LogP) is 0.932. The van der Waals surface area contributed by atoms with Gasteiger partial charge in [0, 0.05) is 17.8 Å². The highest BCUT2D eigenvalue weighted by atomic mass is 16.4. The molecular weight excluding hydrogens is 246 g/mol. The molecule has 1 aromatic rings. The van der Waals surface area contributed by atoms with Crippen LogP contribution in [0.25, 0.3) is 0 Å². The molecule has 1 saturated heterocycles. The lowest BCUT2D eigenvalue weighted by molar-refractivity contribution is -0.142. The predicted molar refractivity (Wildman–Crippen MR) is 70.1 cm³/mol. The van der Waals surface area contributed by atoms with Crippen LogP contribution in [0.3, 0.4) is 0 Å². The Morgan fingerprint density at radius 3 is 2.74 bits per heavy atom. The number of amides is 1. The van der Waals surface area contributed by atoms with E-state index in [-0.39, 0.29) is 0 Å². The molecule has 102 valence electrons. The number of aryl methyl sites for hydroxylation is 1. The Morgan fingerprint density at radius 1 is 1.47 bits per heavy atom. The number of carboxylic acid groups (broad SMARTS) is 1. The summed E-state index contributed by atoms with van der Waals surface area (Å²) >= 11 is 0. The molecule has 1 atom stereocenters. The van der Waals surface area contributed by atoms with Crippen LogP contribution < -0.4 is 10.6 Å². The van der Waals surface area contributed by atoms with Gasteiger partial charge < -0.3 is 15.7 Å². The fourth-order valence-electron chi connectivity index (χ4n) is 2.48. The summed E-state index contributed by atoms with van der Waals surface area (Å²) in [7, 11) is 0. The maximum atomic E-state index is 11.4. The summed E-state index contributed by atoms with van der Waals surface area (Å²) in [6.45, 7) is 4.04. The zero-order valence-corrected chi connectivity index (χ0v) is 11.0. The molecule has 0 saturated carbocycles. The molecule has 0 spiro atoms. The zero-order valence-electron chi connectivity index (χ0n) is 11.0. The first-order chi connectivity index (χ1) is 8.84. The van der Waals surface area contributed by atoms with E-state index < -0.39 is 17.4 Å². The van der Waals surface area contributed by atoms with Crippen molar-refractivity contribution in [3.8, 4) is 0 Å². The molecule has 1 amide bonds. The van der Waals surface area contributed by atoms with E-state index in [0.29, 0.717) is 30.0 Å². The number of carboxylic acids is 1. The van der Waals surface area contributed by atoms with E-state index in [1.54, 1.807) is 30.9 Å². The van der Waals surface area contributed by atoms with Gasteiger partial charge in [-0.25, -0.2) is 9.78 Å². The number of nitrogens with two attached hydrogens (primary N) is 1. The van der Waals surface area contributed by atoms with Crippen LogP contribution in [-0.2, 0) is 4.79 Å². The number of anilines is 1. The van der Waals surface area contributed by atoms with Crippen LogP contribution in [0.5, 0.6) is 0 Å². The van der Waals surface area contributed by atoms with Gasteiger partial charge in [-0.3, -0.25) is 4.79 Å². The topological polar surface area (TPSA) is 96.5 Å². The number of primary amides is 1. The number of rotatable bonds is 3. The summed E-state index contributed by atoms with van der Waals surface area (Å²) in [6.07, 6.45) is 1.34. The summed E-state index contributed by atoms with van der Waals surface area (Å²) in [4.78, 5) is 28.8. The molecule has 2 heterocycles. The molecule has 19 heavy (non-hydrogen) atoms. The molecule has 1 unspecified atom stereocenters. The highest BCUT2D eigenvalue weighted by molar-refractivity contribution is 5.94. The minimum absolute atomic E-state index is 0.349. The van der Waals surface area contributed by atoms with Gasteiger partial charge in [0.25, 0.3) is 0 Å². The van der Waals surface area contributed by atoms with Gasteiger partial charge in [-0.05, 0) is 38.8 Å². The maximum absolute atomic E-state index is 11.4. The van der Waals surface area contributed by atoms with Crippen LogP contribution in [0.15, 0.2) is 12.1 Å². The Kier molecular flexibility index (Phi) is 3.18. The summed E-state index contributed by atoms with van der Waals surface area (Å²) in [6, 6.07) is 3.15. The normalized spacial score (nSPS) is 22.5. The first-order valence-electron chi connectivity index (χ1n) is 6.14. The molecule has 1 aromatic heterocycles. The molecule has 1 fully saturated rings. The number of aliphatic carboxylic acids is 1. The van der Waals surface area contributed by atoms with Gasteiger partial charge in [0.1, 0.15) is 11.4 Å². The highest BCUT2D eigenvalue weighted by Gasteiger charge is 2.44. The van der Waals surface area contributed by atoms with Crippen LogP contribution in [0.2, 0.25) is 0 Å². The number of nitrogens with zero attached hydrogens (tertiary/aromatic N) is 2. The Labute approximate surface area is 111 Å². The third kappa shape index (κ3) is 2.25. The minimum Gasteiger partial charge on any atom is -0.480 e. The molecule has 3 N–H and O–H groups in total. The average molecular weight is 263 g/mol. The van der Waals surface area contributed by atoms with Gasteiger partial charge in [-0.1, -0.05) is 0 Å². The van der Waals surface area contributed by atoms with Gasteiger partial charge in [0.2, 0.25) is 5.91 Å². The molecule has 6 nitrogen and oxygen atoms in total. The van der Waals surface area contributed by atoms with Crippen molar-refractivity contribution in [1.29, 1.82) is 0 Å². The van der Waals surface area contributed by atoms with Crippen LogP contribution in [0, 0.1) is 6.92 Å². The SMILES string of the molecule is Cc1cc(C(N)=O)cc(N2CCCC2(C)C(=O)O)n1. The van der Waals surface area contributed by atoms with Gasteiger partial charge >= 0.3 is 5.97 Å². The summed E-state index contributed by atoms with van der Waals surface area (Å²) < 4.78 is 0. The Bertz CT molecular complexity index is 544. The molecule has 2 rings (SSSR count). The quantitative estimate of drug-likeness (QED) is 0.845. The molecular formula is C13H17N3O3. The Balaban J connectivity index is 2.47. The summed E-state index contributed by atoms with van der Waals surface area (Å²) in [5.74, 6) is -0.923. The van der Waals surface area contributed by atoms with E-state index in [1.165, 1.54) is 0 Å². The molecule has 0 aromatic carbocycles. The number of hydrogen-bond acceptors (Lipinski definition) is 4. The molecule has 1 aliphatic heterocycles. The monoisotopic (exact) mass is 263 g/mol. The van der Waals surface area contributed by atoms with Crippen molar-refractivity contribution < 1.29 is 14.7 Å². The van der Waals surface area contributed by atoms with E-state index in [2.05, 4.69) is 4.98 Å². The van der Waals surface area contributed by atoms with Gasteiger partial charge in [-0.15, -0.1) is 0 Å². The molecule has 1 aliphatic rings. The van der Waals surface area contributed by atoms with Crippen LogP contribution in [0.1, 0.15) is 35.8 Å². The molecule has 6 heteroatoms. The molecule has 0 aliphatic carbocycles. The van der Waals surface area contributed by atoms with Crippen molar-refractivity contribution in [3.05, 3.63) is 23.4 Å². The zero-order chi connectivity index (χ0) is 14.2. The van der Waals surface area contributed by atoms with E-state index in [0.717, 1.165) is 6.42 Å². The lowest BCUT2D eigenvalue weighted by Crippen LogP contribution is -2.48. The van der Waals surface area contributed by atoms with Crippen molar-refractivity contribution in [3.63, 3.8) is 0 Å². The van der Waals surface area contributed by atoms with Crippen LogP contribution >= 0.6 is 0 Å². The van der Waals surface area contributed by atoms with E-state index in [4.69, 9.17) is 5.73 Å². The second kappa shape index (κ2) is 4.53. The second-order valence-corrected chi connectivity index (χ2v) is 5.05. The fourth-order valence-corrected chi connectivity index (χ4v) is 2.48. The smallest absolute Gasteiger partial charge is 0.329 e. The Hall–Kier alpha value is -2.11. The number of carbonyl (C=O) groups is 2. The summed E-state index contributed by atoms with van der Waals surface area (Å²) in [5, 5.41) is 9.39. The van der Waals surface area contributed by atoms with Crippen molar-refractivity contribution in [2.75, 3.05) is 11.4 Å². The van der Waals surface area contributed by atoms with Crippen molar-refractivity contribution >= 4 is 17.7 Å². The van der Waals surface area contributed by atoms with Crippen LogP contribution in [-0.4, -0.2) is 34.1 Å². The fraction of sp³-hybridized carbons (Fsp3) is 0.462. The van der Waals surface area contributed by atoms with E-state index in [9.17, 15) is 14.7 Å². The van der Waals surface area contributed by atoms with Crippen LogP contribution in [0.4, 0.5) is 5.82 Å². The standard InChI is InChI=1S/C13H17N3O3/c1-8-6-9(11(14)17)7-10(15-8)16-5-3-4-13(16,2)12(18)19/h6-7H,3-5H2,1-2H3,(H2,14,17)(H,18,19). The first kappa shape index (κ1) is 13.3. The van der Waals surface area contributed by atoms with Gasteiger partial charge in [0.15, 0.2) is 0 Å². The number of hydrogen-bond donors (Lipinski definition) is 2. The van der Waals surface area contributed by atoms with Crippen molar-refractivity contribution in [2.24, 2.45) is 5.73 Å². The Morgan fingerprint density at radius 2 is 2.16 bits per heavy atom. The number of pyridine rings is 1. The maximum Gasteiger partial charge on any atom is 0.329 e. The number of carbonyl (C=O) groups excluding carboxylic acids is 1. The second-order valence-electron chi connectivity index (χ2n) is 5.05. The highest BCUT2D eigenvalue weighted by Crippen LogP contribution is 2.33. The third-order valence-electron chi connectivity index (χ3n) is 3.60. The van der Waals surface area contributed by atoms with Crippen molar-refractivity contribution in [2.45, 2.75) is 32.2 Å². The number of aromatic nitrogens is 1. The largest absolute Gasteiger partial charge is 0.480 e. The van der Waals surface area contributed by atoms with Gasteiger partial charge in [0.05, 0.1) is 0 Å². The minimum atomic E-state index is -0.976. The van der Waals surface area contributed by atoms with E-state index in [1.807, 2.05) is 0 Å². The van der Waals surface area contributed by atoms with E-state index >= 15 is 0 Å².